The van der Waals surface area contributed by atoms with Crippen molar-refractivity contribution in [2.45, 2.75) is 71.1 Å². The van der Waals surface area contributed by atoms with Crippen molar-refractivity contribution in [2.75, 3.05) is 13.1 Å². The zero-order chi connectivity index (χ0) is 14.0. The Morgan fingerprint density at radius 3 is 2.55 bits per heavy atom. The molecule has 1 fully saturated rings. The molecule has 0 unspecified atom stereocenters. The van der Waals surface area contributed by atoms with E-state index in [1.165, 1.54) is 44.9 Å². The third-order valence-electron chi connectivity index (χ3n) is 4.12. The van der Waals surface area contributed by atoms with Crippen LogP contribution in [0.2, 0.25) is 0 Å². The van der Waals surface area contributed by atoms with Crippen LogP contribution in [-0.2, 0) is 12.8 Å². The zero-order valence-corrected chi connectivity index (χ0v) is 12.9. The van der Waals surface area contributed by atoms with E-state index in [2.05, 4.69) is 22.4 Å². The number of nitrogens with zero attached hydrogens (tertiary/aromatic N) is 2. The van der Waals surface area contributed by atoms with Gasteiger partial charge in [0.1, 0.15) is 0 Å². The molecule has 1 N–H and O–H groups in total. The fraction of sp³-hybridized carbons (Fsp3) is 0.875. The predicted molar refractivity (Wildman–Crippen MR) is 80.7 cm³/mol. The first-order valence-corrected chi connectivity index (χ1v) is 8.40. The number of hydrogen-bond acceptors (Lipinski definition) is 4. The van der Waals surface area contributed by atoms with Gasteiger partial charge in [-0.05, 0) is 44.7 Å². The molecule has 0 bridgehead atoms. The van der Waals surface area contributed by atoms with Gasteiger partial charge in [0, 0.05) is 12.8 Å². The second kappa shape index (κ2) is 9.11. The molecule has 0 atom stereocenters. The van der Waals surface area contributed by atoms with Crippen molar-refractivity contribution in [3.63, 3.8) is 0 Å². The van der Waals surface area contributed by atoms with Crippen LogP contribution in [0.4, 0.5) is 0 Å². The average molecular weight is 279 g/mol. The summed E-state index contributed by atoms with van der Waals surface area (Å²) in [5.41, 5.74) is 0. The summed E-state index contributed by atoms with van der Waals surface area (Å²) in [6.07, 6.45) is 12.3. The third kappa shape index (κ3) is 5.61. The average Bonchev–Trinajstić information content (AvgIpc) is 2.73. The van der Waals surface area contributed by atoms with Crippen LogP contribution in [-0.4, -0.2) is 23.3 Å². The molecule has 1 aromatic heterocycles. The fourth-order valence-corrected chi connectivity index (χ4v) is 2.95. The van der Waals surface area contributed by atoms with Crippen molar-refractivity contribution in [1.82, 2.24) is 15.5 Å². The lowest BCUT2D eigenvalue weighted by atomic mass is 9.97. The SMILES string of the molecule is CCCNCCCc1nnc(CC2CCCCCC2)o1. The Morgan fingerprint density at radius 1 is 1.05 bits per heavy atom. The van der Waals surface area contributed by atoms with Crippen LogP contribution >= 0.6 is 0 Å². The molecule has 0 amide bonds. The lowest BCUT2D eigenvalue weighted by molar-refractivity contribution is 0.378. The number of aromatic nitrogens is 2. The van der Waals surface area contributed by atoms with E-state index in [9.17, 15) is 0 Å². The van der Waals surface area contributed by atoms with Gasteiger partial charge in [-0.25, -0.2) is 0 Å². The summed E-state index contributed by atoms with van der Waals surface area (Å²) in [6, 6.07) is 0. The summed E-state index contributed by atoms with van der Waals surface area (Å²) in [5.74, 6) is 2.43. The van der Waals surface area contributed by atoms with E-state index in [-0.39, 0.29) is 0 Å². The van der Waals surface area contributed by atoms with Gasteiger partial charge in [0.2, 0.25) is 11.8 Å². The Morgan fingerprint density at radius 2 is 1.80 bits per heavy atom. The highest BCUT2D eigenvalue weighted by Gasteiger charge is 2.16. The highest BCUT2D eigenvalue weighted by atomic mass is 16.4. The molecule has 1 aromatic rings. The van der Waals surface area contributed by atoms with Crippen molar-refractivity contribution in [2.24, 2.45) is 5.92 Å². The van der Waals surface area contributed by atoms with Crippen LogP contribution in [0, 0.1) is 5.92 Å². The molecular weight excluding hydrogens is 250 g/mol. The van der Waals surface area contributed by atoms with Gasteiger partial charge in [0.15, 0.2) is 0 Å². The Hall–Kier alpha value is -0.900. The standard InChI is InChI=1S/C16H29N3O/c1-2-11-17-12-7-10-15-18-19-16(20-15)13-14-8-5-3-4-6-9-14/h14,17H,2-13H2,1H3. The van der Waals surface area contributed by atoms with Crippen molar-refractivity contribution in [3.8, 4) is 0 Å². The van der Waals surface area contributed by atoms with Crippen LogP contribution in [0.3, 0.4) is 0 Å². The van der Waals surface area contributed by atoms with Crippen molar-refractivity contribution in [1.29, 1.82) is 0 Å². The Kier molecular flexibility index (Phi) is 7.06. The number of nitrogens with one attached hydrogen (secondary N) is 1. The van der Waals surface area contributed by atoms with E-state index >= 15 is 0 Å². The lowest BCUT2D eigenvalue weighted by Gasteiger charge is -2.10. The summed E-state index contributed by atoms with van der Waals surface area (Å²) in [7, 11) is 0. The summed E-state index contributed by atoms with van der Waals surface area (Å²) >= 11 is 0. The van der Waals surface area contributed by atoms with Crippen LogP contribution in [0.5, 0.6) is 0 Å². The van der Waals surface area contributed by atoms with E-state index < -0.39 is 0 Å². The summed E-state index contributed by atoms with van der Waals surface area (Å²) in [5, 5.41) is 11.8. The van der Waals surface area contributed by atoms with Crippen LogP contribution < -0.4 is 5.32 Å². The summed E-state index contributed by atoms with van der Waals surface area (Å²) in [4.78, 5) is 0. The van der Waals surface area contributed by atoms with E-state index in [0.29, 0.717) is 0 Å². The quantitative estimate of drug-likeness (QED) is 0.584. The van der Waals surface area contributed by atoms with Gasteiger partial charge in [-0.3, -0.25) is 0 Å². The third-order valence-corrected chi connectivity index (χ3v) is 4.12. The molecule has 0 spiro atoms. The molecule has 1 saturated carbocycles. The van der Waals surface area contributed by atoms with Crippen molar-refractivity contribution in [3.05, 3.63) is 11.8 Å². The van der Waals surface area contributed by atoms with Gasteiger partial charge < -0.3 is 9.73 Å². The highest BCUT2D eigenvalue weighted by Crippen LogP contribution is 2.25. The first-order valence-electron chi connectivity index (χ1n) is 8.40. The number of rotatable bonds is 8. The predicted octanol–water partition coefficient (Wildman–Crippen LogP) is 3.51. The first-order chi connectivity index (χ1) is 9.88. The Bertz CT molecular complexity index is 356. The molecule has 4 heteroatoms. The van der Waals surface area contributed by atoms with Gasteiger partial charge in [-0.1, -0.05) is 32.6 Å². The minimum absolute atomic E-state index is 0.761. The zero-order valence-electron chi connectivity index (χ0n) is 12.9. The van der Waals surface area contributed by atoms with Crippen LogP contribution in [0.15, 0.2) is 4.42 Å². The molecule has 1 heterocycles. The van der Waals surface area contributed by atoms with Gasteiger partial charge >= 0.3 is 0 Å². The second-order valence-corrected chi connectivity index (χ2v) is 6.00. The molecule has 2 rings (SSSR count). The molecule has 4 nitrogen and oxygen atoms in total. The highest BCUT2D eigenvalue weighted by molar-refractivity contribution is 4.85. The monoisotopic (exact) mass is 279 g/mol. The van der Waals surface area contributed by atoms with E-state index in [1.54, 1.807) is 0 Å². The minimum atomic E-state index is 0.761. The molecule has 0 radical (unpaired) electrons. The molecule has 0 aliphatic heterocycles. The maximum atomic E-state index is 5.78. The molecule has 1 aliphatic rings. The molecule has 0 aromatic carbocycles. The molecule has 114 valence electrons. The normalized spacial score (nSPS) is 17.2. The topological polar surface area (TPSA) is 51.0 Å². The van der Waals surface area contributed by atoms with Gasteiger partial charge in [-0.2, -0.15) is 0 Å². The van der Waals surface area contributed by atoms with Gasteiger partial charge in [-0.15, -0.1) is 10.2 Å². The summed E-state index contributed by atoms with van der Waals surface area (Å²) in [6.45, 7) is 4.32. The van der Waals surface area contributed by atoms with Crippen LogP contribution in [0.25, 0.3) is 0 Å². The number of hydrogen-bond donors (Lipinski definition) is 1. The minimum Gasteiger partial charge on any atom is -0.425 e. The molecule has 0 saturated heterocycles. The lowest BCUT2D eigenvalue weighted by Crippen LogP contribution is -2.16. The van der Waals surface area contributed by atoms with E-state index in [0.717, 1.165) is 50.1 Å². The number of aryl methyl sites for hydroxylation is 1. The smallest absolute Gasteiger partial charge is 0.216 e. The Labute approximate surface area is 122 Å². The van der Waals surface area contributed by atoms with Gasteiger partial charge in [0.25, 0.3) is 0 Å². The maximum Gasteiger partial charge on any atom is 0.216 e. The van der Waals surface area contributed by atoms with Crippen LogP contribution in [0.1, 0.15) is 70.1 Å². The maximum absolute atomic E-state index is 5.78. The second-order valence-electron chi connectivity index (χ2n) is 6.00. The summed E-state index contributed by atoms with van der Waals surface area (Å²) < 4.78 is 5.78. The largest absolute Gasteiger partial charge is 0.425 e. The van der Waals surface area contributed by atoms with E-state index in [4.69, 9.17) is 4.42 Å². The molecular formula is C16H29N3O. The molecule has 1 aliphatic carbocycles. The Balaban J connectivity index is 1.68. The molecule has 20 heavy (non-hydrogen) atoms. The van der Waals surface area contributed by atoms with E-state index in [1.807, 2.05) is 0 Å². The van der Waals surface area contributed by atoms with Gasteiger partial charge in [0.05, 0.1) is 0 Å². The van der Waals surface area contributed by atoms with Crippen molar-refractivity contribution >= 4 is 0 Å². The first kappa shape index (κ1) is 15.5. The fourth-order valence-electron chi connectivity index (χ4n) is 2.95. The van der Waals surface area contributed by atoms with Crippen molar-refractivity contribution < 1.29 is 4.42 Å².